The molecule has 0 atom stereocenters. The van der Waals surface area contributed by atoms with Gasteiger partial charge in [-0.05, 0) is 44.0 Å². The van der Waals surface area contributed by atoms with E-state index in [1.165, 1.54) is 15.9 Å². The number of carbonyl (C=O) groups excluding carboxylic acids is 1. The van der Waals surface area contributed by atoms with E-state index in [0.717, 1.165) is 22.3 Å². The van der Waals surface area contributed by atoms with Gasteiger partial charge in [-0.2, -0.15) is 0 Å². The van der Waals surface area contributed by atoms with Gasteiger partial charge in [-0.1, -0.05) is 17.7 Å². The van der Waals surface area contributed by atoms with Crippen LogP contribution in [-0.4, -0.2) is 33.0 Å². The second-order valence-electron chi connectivity index (χ2n) is 6.65. The molecule has 1 aliphatic rings. The van der Waals surface area contributed by atoms with Crippen molar-refractivity contribution < 1.29 is 4.79 Å². The molecule has 1 fully saturated rings. The second-order valence-corrected chi connectivity index (χ2v) is 8.32. The van der Waals surface area contributed by atoms with Crippen molar-refractivity contribution in [2.45, 2.75) is 26.3 Å². The lowest BCUT2D eigenvalue weighted by atomic mass is 10.3. The fourth-order valence-corrected chi connectivity index (χ4v) is 4.63. The first-order valence-corrected chi connectivity index (χ1v) is 9.95. The van der Waals surface area contributed by atoms with Gasteiger partial charge in [0.1, 0.15) is 11.4 Å². The summed E-state index contributed by atoms with van der Waals surface area (Å²) in [5.41, 5.74) is -0.527. The highest BCUT2D eigenvalue weighted by atomic mass is 35.5. The van der Waals surface area contributed by atoms with Crippen molar-refractivity contribution in [2.24, 2.45) is 0 Å². The third-order valence-corrected chi connectivity index (χ3v) is 6.06. The van der Waals surface area contributed by atoms with E-state index in [2.05, 4.69) is 0 Å². The molecule has 1 saturated heterocycles. The summed E-state index contributed by atoms with van der Waals surface area (Å²) in [6, 6.07) is 8.36. The standard InChI is InChI=1S/C19H18ClN3O3S/c1-12-9-15-17(25)23(14-6-4-5-13(20)10-14)19(26)22(18(15)27-12)11-16(24)21-7-2-3-8-21/h4-6,9-10H,2-3,7-8,11H2,1H3. The Morgan fingerprint density at radius 1 is 1.19 bits per heavy atom. The lowest BCUT2D eigenvalue weighted by Crippen LogP contribution is -2.42. The molecule has 27 heavy (non-hydrogen) atoms. The largest absolute Gasteiger partial charge is 0.341 e. The van der Waals surface area contributed by atoms with E-state index in [0.29, 0.717) is 34.0 Å². The van der Waals surface area contributed by atoms with E-state index in [1.54, 1.807) is 35.2 Å². The normalized spacial score (nSPS) is 14.2. The maximum Gasteiger partial charge on any atom is 0.337 e. The van der Waals surface area contributed by atoms with E-state index in [9.17, 15) is 14.4 Å². The number of fused-ring (bicyclic) bond motifs is 1. The number of hydrogen-bond acceptors (Lipinski definition) is 4. The lowest BCUT2D eigenvalue weighted by molar-refractivity contribution is -0.130. The molecule has 3 aromatic rings. The van der Waals surface area contributed by atoms with Crippen molar-refractivity contribution in [3.05, 3.63) is 61.1 Å². The topological polar surface area (TPSA) is 64.3 Å². The molecule has 1 aliphatic heterocycles. The van der Waals surface area contributed by atoms with E-state index < -0.39 is 11.2 Å². The van der Waals surface area contributed by atoms with Gasteiger partial charge in [0.25, 0.3) is 5.56 Å². The highest BCUT2D eigenvalue weighted by molar-refractivity contribution is 7.18. The van der Waals surface area contributed by atoms with Crippen molar-refractivity contribution >= 4 is 39.1 Å². The van der Waals surface area contributed by atoms with Gasteiger partial charge >= 0.3 is 5.69 Å². The minimum atomic E-state index is -0.524. The summed E-state index contributed by atoms with van der Waals surface area (Å²) in [6.45, 7) is 3.24. The molecule has 2 aromatic heterocycles. The van der Waals surface area contributed by atoms with Crippen molar-refractivity contribution in [1.82, 2.24) is 14.0 Å². The highest BCUT2D eigenvalue weighted by Crippen LogP contribution is 2.22. The predicted octanol–water partition coefficient (Wildman–Crippen LogP) is 2.80. The number of nitrogens with zero attached hydrogens (tertiary/aromatic N) is 3. The number of likely N-dealkylation sites (tertiary alicyclic amines) is 1. The number of halogens is 1. The summed E-state index contributed by atoms with van der Waals surface area (Å²) in [7, 11) is 0. The number of carbonyl (C=O) groups is 1. The molecule has 4 rings (SSSR count). The Balaban J connectivity index is 1.93. The molecule has 0 radical (unpaired) electrons. The van der Waals surface area contributed by atoms with E-state index in [-0.39, 0.29) is 12.5 Å². The van der Waals surface area contributed by atoms with E-state index in [4.69, 9.17) is 11.6 Å². The Kier molecular flexibility index (Phi) is 4.65. The quantitative estimate of drug-likeness (QED) is 0.675. The lowest BCUT2D eigenvalue weighted by Gasteiger charge is -2.17. The molecule has 1 aromatic carbocycles. The summed E-state index contributed by atoms with van der Waals surface area (Å²) < 4.78 is 2.51. The summed E-state index contributed by atoms with van der Waals surface area (Å²) in [5, 5.41) is 0.867. The molecule has 0 spiro atoms. The molecule has 140 valence electrons. The molecule has 6 nitrogen and oxygen atoms in total. The van der Waals surface area contributed by atoms with Crippen LogP contribution in [0.25, 0.3) is 15.9 Å². The van der Waals surface area contributed by atoms with E-state index >= 15 is 0 Å². The SMILES string of the molecule is Cc1cc2c(=O)n(-c3cccc(Cl)c3)c(=O)n(CC(=O)N3CCCC3)c2s1. The number of amides is 1. The molecule has 8 heteroatoms. The van der Waals surface area contributed by atoms with Gasteiger partial charge in [-0.25, -0.2) is 9.36 Å². The van der Waals surface area contributed by atoms with Gasteiger partial charge in [0.2, 0.25) is 5.91 Å². The molecule has 0 unspecified atom stereocenters. The van der Waals surface area contributed by atoms with Crippen molar-refractivity contribution in [3.8, 4) is 5.69 Å². The second kappa shape index (κ2) is 6.98. The van der Waals surface area contributed by atoms with Gasteiger partial charge in [0.05, 0.1) is 11.1 Å². The zero-order valence-corrected chi connectivity index (χ0v) is 16.3. The average molecular weight is 404 g/mol. The summed E-state index contributed by atoms with van der Waals surface area (Å²) in [5.74, 6) is -0.0988. The zero-order chi connectivity index (χ0) is 19.1. The Labute approximate surface area is 164 Å². The first-order valence-electron chi connectivity index (χ1n) is 8.75. The monoisotopic (exact) mass is 403 g/mol. The van der Waals surface area contributed by atoms with Crippen LogP contribution < -0.4 is 11.2 Å². The van der Waals surface area contributed by atoms with Crippen LogP contribution in [0.4, 0.5) is 0 Å². The smallest absolute Gasteiger partial charge is 0.337 e. The summed E-state index contributed by atoms with van der Waals surface area (Å²) in [4.78, 5) is 42.1. The minimum Gasteiger partial charge on any atom is -0.341 e. The van der Waals surface area contributed by atoms with Crippen molar-refractivity contribution in [1.29, 1.82) is 0 Å². The van der Waals surface area contributed by atoms with Crippen molar-refractivity contribution in [3.63, 3.8) is 0 Å². The van der Waals surface area contributed by atoms with Crippen molar-refractivity contribution in [2.75, 3.05) is 13.1 Å². The minimum absolute atomic E-state index is 0.0733. The van der Waals surface area contributed by atoms with Crippen LogP contribution in [-0.2, 0) is 11.3 Å². The molecular formula is C19H18ClN3O3S. The maximum absolute atomic E-state index is 13.2. The summed E-state index contributed by atoms with van der Waals surface area (Å²) in [6.07, 6.45) is 1.96. The van der Waals surface area contributed by atoms with Gasteiger partial charge in [0.15, 0.2) is 0 Å². The van der Waals surface area contributed by atoms with Crippen LogP contribution in [0, 0.1) is 6.92 Å². The molecule has 0 N–H and O–H groups in total. The van der Waals surface area contributed by atoms with Crippen LogP contribution in [0.3, 0.4) is 0 Å². The van der Waals surface area contributed by atoms with Crippen LogP contribution in [0.2, 0.25) is 5.02 Å². The summed E-state index contributed by atoms with van der Waals surface area (Å²) >= 11 is 7.40. The third-order valence-electron chi connectivity index (χ3n) is 4.76. The number of rotatable bonds is 3. The molecule has 0 saturated carbocycles. The molecule has 1 amide bonds. The number of aryl methyl sites for hydroxylation is 1. The fourth-order valence-electron chi connectivity index (χ4n) is 3.45. The first-order chi connectivity index (χ1) is 13.0. The number of thiophene rings is 1. The van der Waals surface area contributed by atoms with Gasteiger partial charge < -0.3 is 4.90 Å². The maximum atomic E-state index is 13.2. The molecular weight excluding hydrogens is 386 g/mol. The number of benzene rings is 1. The van der Waals surface area contributed by atoms with Gasteiger partial charge in [0, 0.05) is 23.0 Å². The average Bonchev–Trinajstić information content (AvgIpc) is 3.28. The zero-order valence-electron chi connectivity index (χ0n) is 14.8. The van der Waals surface area contributed by atoms with Gasteiger partial charge in [-0.15, -0.1) is 11.3 Å². The fraction of sp³-hybridized carbons (Fsp3) is 0.316. The Bertz CT molecular complexity index is 1160. The van der Waals surface area contributed by atoms with Crippen LogP contribution in [0.1, 0.15) is 17.7 Å². The molecule has 3 heterocycles. The van der Waals surface area contributed by atoms with Crippen LogP contribution in [0.5, 0.6) is 0 Å². The number of hydrogen-bond donors (Lipinski definition) is 0. The number of aromatic nitrogens is 2. The third kappa shape index (κ3) is 3.21. The Morgan fingerprint density at radius 3 is 2.63 bits per heavy atom. The predicted molar refractivity (Wildman–Crippen MR) is 107 cm³/mol. The molecule has 0 aliphatic carbocycles. The van der Waals surface area contributed by atoms with Crippen LogP contribution in [0.15, 0.2) is 39.9 Å². The van der Waals surface area contributed by atoms with E-state index in [1.807, 2.05) is 6.92 Å². The van der Waals surface area contributed by atoms with Crippen LogP contribution >= 0.6 is 22.9 Å². The van der Waals surface area contributed by atoms with Gasteiger partial charge in [-0.3, -0.25) is 14.2 Å². The Morgan fingerprint density at radius 2 is 1.93 bits per heavy atom. The molecule has 0 bridgehead atoms. The Hall–Kier alpha value is -2.38. The highest BCUT2D eigenvalue weighted by Gasteiger charge is 2.22. The first kappa shape index (κ1) is 18.0.